The molecule has 4 heteroatoms. The number of aromatic nitrogens is 1. The Bertz CT molecular complexity index is 368. The Morgan fingerprint density at radius 3 is 2.63 bits per heavy atom. The molecule has 1 heterocycles. The average molecular weight is 284 g/mol. The van der Waals surface area contributed by atoms with Crippen LogP contribution in [-0.4, -0.2) is 29.5 Å². The Kier molecular flexibility index (Phi) is 7.84. The van der Waals surface area contributed by atoms with Crippen LogP contribution in [0.4, 0.5) is 5.82 Å². The first-order valence-electron chi connectivity index (χ1n) is 7.32. The van der Waals surface area contributed by atoms with Gasteiger partial charge in [0.1, 0.15) is 5.82 Å². The molecule has 0 saturated carbocycles. The normalized spacial score (nSPS) is 11.0. The van der Waals surface area contributed by atoms with Crippen LogP contribution in [0.1, 0.15) is 45.7 Å². The minimum atomic E-state index is 0.761. The van der Waals surface area contributed by atoms with Gasteiger partial charge >= 0.3 is 0 Å². The quantitative estimate of drug-likeness (QED) is 0.737. The molecule has 0 atom stereocenters. The Morgan fingerprint density at radius 2 is 2.00 bits per heavy atom. The summed E-state index contributed by atoms with van der Waals surface area (Å²) in [5.41, 5.74) is 0.973. The van der Waals surface area contributed by atoms with Crippen LogP contribution in [0.2, 0.25) is 5.02 Å². The second kappa shape index (κ2) is 9.16. The van der Waals surface area contributed by atoms with E-state index in [0.717, 1.165) is 49.1 Å². The number of nitrogens with one attached hydrogen (secondary N) is 1. The van der Waals surface area contributed by atoms with Gasteiger partial charge in [0.2, 0.25) is 0 Å². The SMILES string of the molecule is CCCCN(CC)Cc1nc(NCCC)ccc1Cl. The molecule has 0 aromatic carbocycles. The van der Waals surface area contributed by atoms with Crippen molar-refractivity contribution in [2.75, 3.05) is 25.0 Å². The number of rotatable bonds is 9. The summed E-state index contributed by atoms with van der Waals surface area (Å²) in [5.74, 6) is 0.924. The molecule has 0 aliphatic heterocycles. The first-order chi connectivity index (χ1) is 9.21. The number of halogens is 1. The van der Waals surface area contributed by atoms with Crippen LogP contribution in [0.25, 0.3) is 0 Å². The van der Waals surface area contributed by atoms with Crippen molar-refractivity contribution in [1.29, 1.82) is 0 Å². The lowest BCUT2D eigenvalue weighted by Crippen LogP contribution is -2.24. The van der Waals surface area contributed by atoms with Crippen LogP contribution in [0.3, 0.4) is 0 Å². The van der Waals surface area contributed by atoms with E-state index in [-0.39, 0.29) is 0 Å². The highest BCUT2D eigenvalue weighted by Crippen LogP contribution is 2.18. The van der Waals surface area contributed by atoms with Gasteiger partial charge in [0, 0.05) is 13.1 Å². The van der Waals surface area contributed by atoms with Crippen LogP contribution in [0.15, 0.2) is 12.1 Å². The van der Waals surface area contributed by atoms with Crippen molar-refractivity contribution in [3.05, 3.63) is 22.8 Å². The minimum absolute atomic E-state index is 0.761. The van der Waals surface area contributed by atoms with Gasteiger partial charge in [-0.25, -0.2) is 4.98 Å². The Balaban J connectivity index is 2.68. The minimum Gasteiger partial charge on any atom is -0.370 e. The highest BCUT2D eigenvalue weighted by molar-refractivity contribution is 6.31. The molecule has 0 fully saturated rings. The molecule has 1 rings (SSSR count). The third-order valence-electron chi connectivity index (χ3n) is 3.12. The van der Waals surface area contributed by atoms with Crippen molar-refractivity contribution < 1.29 is 0 Å². The van der Waals surface area contributed by atoms with E-state index in [4.69, 9.17) is 11.6 Å². The van der Waals surface area contributed by atoms with E-state index in [2.05, 4.69) is 36.0 Å². The number of anilines is 1. The highest BCUT2D eigenvalue weighted by Gasteiger charge is 2.09. The summed E-state index contributed by atoms with van der Waals surface area (Å²) >= 11 is 6.25. The largest absolute Gasteiger partial charge is 0.370 e. The third-order valence-corrected chi connectivity index (χ3v) is 3.47. The Labute approximate surface area is 122 Å². The lowest BCUT2D eigenvalue weighted by atomic mass is 10.2. The van der Waals surface area contributed by atoms with E-state index in [0.29, 0.717) is 0 Å². The molecular formula is C15H26ClN3. The molecular weight excluding hydrogens is 258 g/mol. The van der Waals surface area contributed by atoms with E-state index in [1.165, 1.54) is 12.8 Å². The summed E-state index contributed by atoms with van der Waals surface area (Å²) in [6, 6.07) is 3.89. The third kappa shape index (κ3) is 5.79. The second-order valence-electron chi connectivity index (χ2n) is 4.77. The molecule has 19 heavy (non-hydrogen) atoms. The van der Waals surface area contributed by atoms with Crippen molar-refractivity contribution in [2.24, 2.45) is 0 Å². The van der Waals surface area contributed by atoms with Gasteiger partial charge in [0.25, 0.3) is 0 Å². The number of unbranched alkanes of at least 4 members (excludes halogenated alkanes) is 1. The molecule has 0 spiro atoms. The molecule has 1 aromatic rings. The van der Waals surface area contributed by atoms with Gasteiger partial charge in [-0.1, -0.05) is 38.8 Å². The smallest absolute Gasteiger partial charge is 0.126 e. The number of hydrogen-bond donors (Lipinski definition) is 1. The van der Waals surface area contributed by atoms with Crippen LogP contribution < -0.4 is 5.32 Å². The van der Waals surface area contributed by atoms with Crippen LogP contribution >= 0.6 is 11.6 Å². The van der Waals surface area contributed by atoms with Crippen molar-refractivity contribution in [2.45, 2.75) is 46.6 Å². The van der Waals surface area contributed by atoms with Crippen molar-refractivity contribution in [3.8, 4) is 0 Å². The van der Waals surface area contributed by atoms with E-state index in [1.54, 1.807) is 0 Å². The zero-order valence-corrected chi connectivity index (χ0v) is 13.1. The Morgan fingerprint density at radius 1 is 1.21 bits per heavy atom. The van der Waals surface area contributed by atoms with Crippen molar-refractivity contribution in [3.63, 3.8) is 0 Å². The summed E-state index contributed by atoms with van der Waals surface area (Å²) in [7, 11) is 0. The maximum Gasteiger partial charge on any atom is 0.126 e. The fourth-order valence-electron chi connectivity index (χ4n) is 1.89. The maximum atomic E-state index is 6.25. The topological polar surface area (TPSA) is 28.2 Å². The average Bonchev–Trinajstić information content (AvgIpc) is 2.43. The fraction of sp³-hybridized carbons (Fsp3) is 0.667. The second-order valence-corrected chi connectivity index (χ2v) is 5.18. The van der Waals surface area contributed by atoms with Crippen molar-refractivity contribution in [1.82, 2.24) is 9.88 Å². The number of pyridine rings is 1. The summed E-state index contributed by atoms with van der Waals surface area (Å²) in [4.78, 5) is 7.01. The maximum absolute atomic E-state index is 6.25. The summed E-state index contributed by atoms with van der Waals surface area (Å²) in [6.45, 7) is 10.5. The van der Waals surface area contributed by atoms with Gasteiger partial charge in [0.15, 0.2) is 0 Å². The lowest BCUT2D eigenvalue weighted by molar-refractivity contribution is 0.272. The molecule has 1 aromatic heterocycles. The molecule has 0 radical (unpaired) electrons. The van der Waals surface area contributed by atoms with E-state index in [1.807, 2.05) is 12.1 Å². The molecule has 0 saturated heterocycles. The predicted octanol–water partition coefficient (Wildman–Crippen LogP) is 4.18. The molecule has 108 valence electrons. The molecule has 0 unspecified atom stereocenters. The molecule has 0 amide bonds. The standard InChI is InChI=1S/C15H26ClN3/c1-4-7-11-19(6-3)12-14-13(16)8-9-15(18-14)17-10-5-2/h8-9H,4-7,10-12H2,1-3H3,(H,17,18). The van der Waals surface area contributed by atoms with Gasteiger partial charge in [0.05, 0.1) is 10.7 Å². The van der Waals surface area contributed by atoms with Gasteiger partial charge in [-0.3, -0.25) is 4.90 Å². The van der Waals surface area contributed by atoms with Crippen LogP contribution in [0.5, 0.6) is 0 Å². The predicted molar refractivity (Wildman–Crippen MR) is 83.9 cm³/mol. The molecule has 1 N–H and O–H groups in total. The Hall–Kier alpha value is -0.800. The van der Waals surface area contributed by atoms with E-state index >= 15 is 0 Å². The first kappa shape index (κ1) is 16.3. The monoisotopic (exact) mass is 283 g/mol. The van der Waals surface area contributed by atoms with E-state index < -0.39 is 0 Å². The van der Waals surface area contributed by atoms with Crippen molar-refractivity contribution >= 4 is 17.4 Å². The summed E-state index contributed by atoms with van der Waals surface area (Å²) in [5, 5.41) is 4.07. The fourth-order valence-corrected chi connectivity index (χ4v) is 2.05. The molecule has 3 nitrogen and oxygen atoms in total. The van der Waals surface area contributed by atoms with E-state index in [9.17, 15) is 0 Å². The number of hydrogen-bond acceptors (Lipinski definition) is 3. The summed E-state index contributed by atoms with van der Waals surface area (Å²) < 4.78 is 0. The highest BCUT2D eigenvalue weighted by atomic mass is 35.5. The van der Waals surface area contributed by atoms with Gasteiger partial charge in [-0.2, -0.15) is 0 Å². The zero-order chi connectivity index (χ0) is 14.1. The van der Waals surface area contributed by atoms with Crippen LogP contribution in [-0.2, 0) is 6.54 Å². The molecule has 0 aliphatic rings. The van der Waals surface area contributed by atoms with Gasteiger partial charge in [-0.15, -0.1) is 0 Å². The lowest BCUT2D eigenvalue weighted by Gasteiger charge is -2.20. The molecule has 0 aliphatic carbocycles. The number of nitrogens with zero attached hydrogens (tertiary/aromatic N) is 2. The zero-order valence-electron chi connectivity index (χ0n) is 12.4. The summed E-state index contributed by atoms with van der Waals surface area (Å²) in [6.07, 6.45) is 3.53. The molecule has 0 bridgehead atoms. The van der Waals surface area contributed by atoms with Gasteiger partial charge in [-0.05, 0) is 38.1 Å². The first-order valence-corrected chi connectivity index (χ1v) is 7.70. The van der Waals surface area contributed by atoms with Crippen LogP contribution in [0, 0.1) is 0 Å². The van der Waals surface area contributed by atoms with Gasteiger partial charge < -0.3 is 5.32 Å².